The van der Waals surface area contributed by atoms with E-state index >= 15 is 0 Å². The number of rotatable bonds is 6. The lowest BCUT2D eigenvalue weighted by Crippen LogP contribution is -2.42. The van der Waals surface area contributed by atoms with Gasteiger partial charge in [0.1, 0.15) is 5.75 Å². The lowest BCUT2D eigenvalue weighted by Gasteiger charge is -2.23. The molecular weight excluding hydrogens is 408 g/mol. The molecule has 2 aromatic carbocycles. The maximum absolute atomic E-state index is 12.3. The smallest absolute Gasteiger partial charge is 0.243 e. The fourth-order valence-corrected chi connectivity index (χ4v) is 2.99. The maximum atomic E-state index is 12.3. The molecule has 0 heterocycles. The van der Waals surface area contributed by atoms with E-state index < -0.39 is 0 Å². The van der Waals surface area contributed by atoms with Crippen LogP contribution in [0.5, 0.6) is 5.75 Å². The van der Waals surface area contributed by atoms with Gasteiger partial charge >= 0.3 is 0 Å². The third kappa shape index (κ3) is 5.99. The summed E-state index contributed by atoms with van der Waals surface area (Å²) in [6.45, 7) is 2.68. The molecule has 2 aromatic rings. The quantitative estimate of drug-likeness (QED) is 0.542. The average molecular weight is 433 g/mol. The standard InChI is InChI=1S/C20H25BrN4O2/c1-14-9-10-16(21)11-17(14)24-19(26)12-23-20(22-2)25(3)13-15-7-5-6-8-18(15)27-4/h5-11H,12-13H2,1-4H3,(H,22,23)(H,24,26). The number of benzene rings is 2. The summed E-state index contributed by atoms with van der Waals surface area (Å²) in [4.78, 5) is 18.5. The van der Waals surface area contributed by atoms with Crippen molar-refractivity contribution in [2.24, 2.45) is 4.99 Å². The molecule has 0 saturated carbocycles. The Balaban J connectivity index is 1.94. The minimum atomic E-state index is -0.136. The molecule has 0 spiro atoms. The van der Waals surface area contributed by atoms with Gasteiger partial charge in [-0.1, -0.05) is 40.2 Å². The molecule has 144 valence electrons. The fourth-order valence-electron chi connectivity index (χ4n) is 2.63. The Labute approximate surface area is 168 Å². The second kappa shape index (κ2) is 9.97. The number of aliphatic imine (C=N–C) groups is 1. The molecular formula is C20H25BrN4O2. The van der Waals surface area contributed by atoms with Gasteiger partial charge in [0.15, 0.2) is 5.96 Å². The van der Waals surface area contributed by atoms with Crippen molar-refractivity contribution in [2.45, 2.75) is 13.5 Å². The summed E-state index contributed by atoms with van der Waals surface area (Å²) >= 11 is 3.42. The third-order valence-corrected chi connectivity index (χ3v) is 4.55. The Hall–Kier alpha value is -2.54. The first-order valence-corrected chi connectivity index (χ1v) is 9.33. The monoisotopic (exact) mass is 432 g/mol. The van der Waals surface area contributed by atoms with E-state index in [1.165, 1.54) is 0 Å². The van der Waals surface area contributed by atoms with Crippen LogP contribution < -0.4 is 15.4 Å². The Morgan fingerprint density at radius 3 is 2.70 bits per heavy atom. The summed E-state index contributed by atoms with van der Waals surface area (Å²) in [6.07, 6.45) is 0. The predicted molar refractivity (Wildman–Crippen MR) is 113 cm³/mol. The SMILES string of the molecule is CN=C(NCC(=O)Nc1cc(Br)ccc1C)N(C)Cc1ccccc1OC. The van der Waals surface area contributed by atoms with Gasteiger partial charge in [-0.15, -0.1) is 0 Å². The zero-order chi connectivity index (χ0) is 19.8. The van der Waals surface area contributed by atoms with Gasteiger partial charge in [-0.3, -0.25) is 9.79 Å². The number of amides is 1. The predicted octanol–water partition coefficient (Wildman–Crippen LogP) is 3.41. The lowest BCUT2D eigenvalue weighted by atomic mass is 10.2. The molecule has 7 heteroatoms. The van der Waals surface area contributed by atoms with Crippen LogP contribution in [0.25, 0.3) is 0 Å². The van der Waals surface area contributed by atoms with Crippen molar-refractivity contribution in [3.05, 3.63) is 58.1 Å². The highest BCUT2D eigenvalue weighted by molar-refractivity contribution is 9.10. The van der Waals surface area contributed by atoms with Crippen LogP contribution in [0.3, 0.4) is 0 Å². The number of hydrogen-bond acceptors (Lipinski definition) is 3. The Bertz CT molecular complexity index is 823. The van der Waals surface area contributed by atoms with E-state index in [1.54, 1.807) is 14.2 Å². The molecule has 6 nitrogen and oxygen atoms in total. The maximum Gasteiger partial charge on any atom is 0.243 e. The largest absolute Gasteiger partial charge is 0.496 e. The highest BCUT2D eigenvalue weighted by Crippen LogP contribution is 2.20. The lowest BCUT2D eigenvalue weighted by molar-refractivity contribution is -0.115. The van der Waals surface area contributed by atoms with Crippen molar-refractivity contribution in [3.8, 4) is 5.75 Å². The van der Waals surface area contributed by atoms with E-state index in [9.17, 15) is 4.79 Å². The van der Waals surface area contributed by atoms with Crippen molar-refractivity contribution in [1.82, 2.24) is 10.2 Å². The second-order valence-corrected chi connectivity index (χ2v) is 6.99. The Morgan fingerprint density at radius 2 is 2.00 bits per heavy atom. The molecule has 2 rings (SSSR count). The number of nitrogens with zero attached hydrogens (tertiary/aromatic N) is 2. The molecule has 0 aromatic heterocycles. The molecule has 0 aliphatic heterocycles. The molecule has 0 radical (unpaired) electrons. The molecule has 0 unspecified atom stereocenters. The first-order chi connectivity index (χ1) is 12.9. The van der Waals surface area contributed by atoms with Crippen LogP contribution in [0.2, 0.25) is 0 Å². The normalized spacial score (nSPS) is 11.1. The van der Waals surface area contributed by atoms with Crippen LogP contribution in [0.15, 0.2) is 51.9 Å². The number of carbonyl (C=O) groups is 1. The van der Waals surface area contributed by atoms with Crippen molar-refractivity contribution >= 4 is 33.5 Å². The zero-order valence-electron chi connectivity index (χ0n) is 16.0. The highest BCUT2D eigenvalue weighted by Gasteiger charge is 2.12. The van der Waals surface area contributed by atoms with Crippen molar-refractivity contribution < 1.29 is 9.53 Å². The Kier molecular flexibility index (Phi) is 7.67. The molecule has 0 saturated heterocycles. The molecule has 0 bridgehead atoms. The summed E-state index contributed by atoms with van der Waals surface area (Å²) in [7, 11) is 5.26. The first-order valence-electron chi connectivity index (χ1n) is 8.54. The van der Waals surface area contributed by atoms with Crippen LogP contribution in [0.1, 0.15) is 11.1 Å². The van der Waals surface area contributed by atoms with Crippen LogP contribution in [0, 0.1) is 6.92 Å². The van der Waals surface area contributed by atoms with Crippen LogP contribution >= 0.6 is 15.9 Å². The number of anilines is 1. The topological polar surface area (TPSA) is 66.0 Å². The number of para-hydroxylation sites is 1. The summed E-state index contributed by atoms with van der Waals surface area (Å²) in [5.74, 6) is 1.31. The fraction of sp³-hybridized carbons (Fsp3) is 0.300. The molecule has 1 amide bonds. The van der Waals surface area contributed by atoms with Crippen molar-refractivity contribution in [2.75, 3.05) is 33.1 Å². The van der Waals surface area contributed by atoms with Crippen LogP contribution in [-0.4, -0.2) is 44.5 Å². The summed E-state index contributed by atoms with van der Waals surface area (Å²) in [6, 6.07) is 13.6. The number of hydrogen-bond donors (Lipinski definition) is 2. The van der Waals surface area contributed by atoms with Crippen LogP contribution in [-0.2, 0) is 11.3 Å². The number of methoxy groups -OCH3 is 1. The molecule has 0 aliphatic rings. The van der Waals surface area contributed by atoms with E-state index in [0.29, 0.717) is 12.5 Å². The number of carbonyl (C=O) groups excluding carboxylic acids is 1. The molecule has 2 N–H and O–H groups in total. The second-order valence-electron chi connectivity index (χ2n) is 6.08. The highest BCUT2D eigenvalue weighted by atomic mass is 79.9. The van der Waals surface area contributed by atoms with Gasteiger partial charge in [-0.2, -0.15) is 0 Å². The van der Waals surface area contributed by atoms with E-state index in [4.69, 9.17) is 4.74 Å². The minimum absolute atomic E-state index is 0.120. The minimum Gasteiger partial charge on any atom is -0.496 e. The van der Waals surface area contributed by atoms with E-state index in [-0.39, 0.29) is 12.5 Å². The summed E-state index contributed by atoms with van der Waals surface area (Å²) in [5.41, 5.74) is 2.83. The summed E-state index contributed by atoms with van der Waals surface area (Å²) < 4.78 is 6.31. The van der Waals surface area contributed by atoms with E-state index in [2.05, 4.69) is 31.6 Å². The number of guanidine groups is 1. The van der Waals surface area contributed by atoms with Gasteiger partial charge < -0.3 is 20.3 Å². The molecule has 0 atom stereocenters. The molecule has 0 aliphatic carbocycles. The number of halogens is 1. The van der Waals surface area contributed by atoms with Gasteiger partial charge in [0, 0.05) is 36.4 Å². The van der Waals surface area contributed by atoms with Crippen molar-refractivity contribution in [1.29, 1.82) is 0 Å². The average Bonchev–Trinajstić information content (AvgIpc) is 2.65. The Morgan fingerprint density at radius 1 is 1.26 bits per heavy atom. The van der Waals surface area contributed by atoms with Gasteiger partial charge in [0.05, 0.1) is 13.7 Å². The summed E-state index contributed by atoms with van der Waals surface area (Å²) in [5, 5.41) is 6.00. The van der Waals surface area contributed by atoms with Gasteiger partial charge in [-0.05, 0) is 30.7 Å². The van der Waals surface area contributed by atoms with Gasteiger partial charge in [0.2, 0.25) is 5.91 Å². The van der Waals surface area contributed by atoms with Crippen LogP contribution in [0.4, 0.5) is 5.69 Å². The van der Waals surface area contributed by atoms with E-state index in [0.717, 1.165) is 27.0 Å². The zero-order valence-corrected chi connectivity index (χ0v) is 17.6. The third-order valence-electron chi connectivity index (χ3n) is 4.05. The number of nitrogens with one attached hydrogen (secondary N) is 2. The van der Waals surface area contributed by atoms with Gasteiger partial charge in [0.25, 0.3) is 0 Å². The van der Waals surface area contributed by atoms with Crippen molar-refractivity contribution in [3.63, 3.8) is 0 Å². The molecule has 27 heavy (non-hydrogen) atoms. The number of ether oxygens (including phenoxy) is 1. The van der Waals surface area contributed by atoms with Gasteiger partial charge in [-0.25, -0.2) is 0 Å². The molecule has 0 fully saturated rings. The first kappa shape index (κ1) is 20.8. The van der Waals surface area contributed by atoms with E-state index in [1.807, 2.05) is 61.3 Å². The number of aryl methyl sites for hydroxylation is 1.